The smallest absolute Gasteiger partial charge is 0.356 e. The van der Waals surface area contributed by atoms with Crippen molar-refractivity contribution in [2.24, 2.45) is 11.8 Å². The van der Waals surface area contributed by atoms with Gasteiger partial charge in [0.25, 0.3) is 0 Å². The Hall–Kier alpha value is -2.18. The van der Waals surface area contributed by atoms with Gasteiger partial charge in [-0.2, -0.15) is 0 Å². The second-order valence-corrected chi connectivity index (χ2v) is 5.34. The molecular weight excluding hydrogens is 262 g/mol. The standard InChI is InChI=1S/C13H15N3O4/c17-11-8-1-2-9(5-8)12(18)16(11)4-3-15-6-10(13(19)20)14-7-15/h6-9H,1-5H2,(H,19,20). The van der Waals surface area contributed by atoms with E-state index in [4.69, 9.17) is 5.11 Å². The highest BCUT2D eigenvalue weighted by molar-refractivity contribution is 6.00. The molecule has 2 atom stereocenters. The zero-order valence-corrected chi connectivity index (χ0v) is 10.9. The molecule has 2 fully saturated rings. The maximum absolute atomic E-state index is 12.1. The topological polar surface area (TPSA) is 92.5 Å². The molecule has 1 aromatic heterocycles. The van der Waals surface area contributed by atoms with Crippen molar-refractivity contribution < 1.29 is 19.5 Å². The molecule has 7 nitrogen and oxygen atoms in total. The first-order valence-corrected chi connectivity index (χ1v) is 6.66. The predicted molar refractivity (Wildman–Crippen MR) is 66.7 cm³/mol. The van der Waals surface area contributed by atoms with Crippen molar-refractivity contribution in [2.75, 3.05) is 6.54 Å². The van der Waals surface area contributed by atoms with Crippen LogP contribution in [0.4, 0.5) is 0 Å². The first kappa shape index (κ1) is 12.8. The molecule has 0 aromatic carbocycles. The van der Waals surface area contributed by atoms with Crippen LogP contribution in [0, 0.1) is 11.8 Å². The number of carbonyl (C=O) groups is 3. The summed E-state index contributed by atoms with van der Waals surface area (Å²) in [6.07, 6.45) is 5.11. The molecule has 1 N–H and O–H groups in total. The van der Waals surface area contributed by atoms with E-state index in [0.29, 0.717) is 13.0 Å². The third-order valence-electron chi connectivity index (χ3n) is 4.10. The predicted octanol–water partition coefficient (Wildman–Crippen LogP) is 0.366. The molecular formula is C13H15N3O4. The minimum atomic E-state index is -1.09. The SMILES string of the molecule is O=C(O)c1cn(CCN2C(=O)C3CCC(C3)C2=O)cn1. The van der Waals surface area contributed by atoms with Crippen molar-refractivity contribution in [3.05, 3.63) is 18.2 Å². The molecule has 1 aromatic rings. The molecule has 20 heavy (non-hydrogen) atoms. The van der Waals surface area contributed by atoms with E-state index in [1.54, 1.807) is 4.57 Å². The van der Waals surface area contributed by atoms with Crippen molar-refractivity contribution in [1.82, 2.24) is 14.5 Å². The van der Waals surface area contributed by atoms with E-state index in [-0.39, 0.29) is 35.9 Å². The summed E-state index contributed by atoms with van der Waals surface area (Å²) < 4.78 is 1.58. The number of aromatic carboxylic acids is 1. The second kappa shape index (κ2) is 4.73. The number of nitrogens with zero attached hydrogens (tertiary/aromatic N) is 3. The summed E-state index contributed by atoms with van der Waals surface area (Å²) in [6.45, 7) is 0.650. The zero-order chi connectivity index (χ0) is 14.3. The Labute approximate surface area is 115 Å². The lowest BCUT2D eigenvalue weighted by Gasteiger charge is -2.29. The molecule has 2 amide bonds. The van der Waals surface area contributed by atoms with E-state index in [2.05, 4.69) is 4.98 Å². The number of imidazole rings is 1. The highest BCUT2D eigenvalue weighted by atomic mass is 16.4. The number of carboxylic acids is 1. The minimum Gasteiger partial charge on any atom is -0.476 e. The van der Waals surface area contributed by atoms with Crippen molar-refractivity contribution in [3.63, 3.8) is 0 Å². The number of aromatic nitrogens is 2. The van der Waals surface area contributed by atoms with Crippen LogP contribution in [-0.4, -0.2) is 43.9 Å². The number of fused-ring (bicyclic) bond motifs is 2. The van der Waals surface area contributed by atoms with Gasteiger partial charge in [0.05, 0.1) is 6.33 Å². The van der Waals surface area contributed by atoms with Crippen molar-refractivity contribution in [2.45, 2.75) is 25.8 Å². The highest BCUT2D eigenvalue weighted by Gasteiger charge is 2.44. The number of rotatable bonds is 4. The van der Waals surface area contributed by atoms with E-state index in [1.807, 2.05) is 0 Å². The Balaban J connectivity index is 1.66. The maximum atomic E-state index is 12.1. The minimum absolute atomic E-state index is 0.00457. The largest absolute Gasteiger partial charge is 0.476 e. The molecule has 1 saturated carbocycles. The molecule has 1 aliphatic heterocycles. The highest BCUT2D eigenvalue weighted by Crippen LogP contribution is 2.37. The third kappa shape index (κ3) is 2.09. The molecule has 3 rings (SSSR count). The van der Waals surface area contributed by atoms with Crippen LogP contribution >= 0.6 is 0 Å². The molecule has 1 aliphatic carbocycles. The third-order valence-corrected chi connectivity index (χ3v) is 4.10. The van der Waals surface area contributed by atoms with Gasteiger partial charge >= 0.3 is 5.97 Å². The van der Waals surface area contributed by atoms with Crippen LogP contribution in [0.5, 0.6) is 0 Å². The van der Waals surface area contributed by atoms with Gasteiger partial charge in [-0.25, -0.2) is 9.78 Å². The lowest BCUT2D eigenvalue weighted by Crippen LogP contribution is -2.47. The molecule has 2 aliphatic rings. The van der Waals surface area contributed by atoms with Crippen LogP contribution in [-0.2, 0) is 16.1 Å². The molecule has 0 spiro atoms. The quantitative estimate of drug-likeness (QED) is 0.802. The number of carboxylic acid groups (broad SMARTS) is 1. The monoisotopic (exact) mass is 277 g/mol. The zero-order valence-electron chi connectivity index (χ0n) is 10.9. The van der Waals surface area contributed by atoms with Gasteiger partial charge < -0.3 is 9.67 Å². The van der Waals surface area contributed by atoms with E-state index < -0.39 is 5.97 Å². The molecule has 2 heterocycles. The van der Waals surface area contributed by atoms with Gasteiger partial charge in [-0.3, -0.25) is 14.5 Å². The summed E-state index contributed by atoms with van der Waals surface area (Å²) in [5.74, 6) is -1.26. The number of likely N-dealkylation sites (tertiary alicyclic amines) is 1. The van der Waals surface area contributed by atoms with Gasteiger partial charge in [0.1, 0.15) is 0 Å². The fourth-order valence-corrected chi connectivity index (χ4v) is 3.01. The number of piperidine rings is 1. The summed E-state index contributed by atoms with van der Waals surface area (Å²) in [7, 11) is 0. The number of hydrogen-bond donors (Lipinski definition) is 1. The van der Waals surface area contributed by atoms with Crippen LogP contribution in [0.15, 0.2) is 12.5 Å². The van der Waals surface area contributed by atoms with Gasteiger partial charge in [0, 0.05) is 31.1 Å². The molecule has 7 heteroatoms. The van der Waals surface area contributed by atoms with E-state index in [0.717, 1.165) is 12.8 Å². The van der Waals surface area contributed by atoms with Crippen LogP contribution in [0.2, 0.25) is 0 Å². The summed E-state index contributed by atoms with van der Waals surface area (Å²) in [6, 6.07) is 0. The average molecular weight is 277 g/mol. The number of carbonyl (C=O) groups excluding carboxylic acids is 2. The van der Waals surface area contributed by atoms with Gasteiger partial charge in [-0.15, -0.1) is 0 Å². The van der Waals surface area contributed by atoms with Crippen LogP contribution in [0.1, 0.15) is 29.8 Å². The Morgan fingerprint density at radius 1 is 1.25 bits per heavy atom. The van der Waals surface area contributed by atoms with Crippen LogP contribution in [0.3, 0.4) is 0 Å². The molecule has 106 valence electrons. The van der Waals surface area contributed by atoms with Crippen LogP contribution < -0.4 is 0 Å². The Kier molecular flexibility index (Phi) is 3.04. The average Bonchev–Trinajstić information content (AvgIpc) is 3.05. The lowest BCUT2D eigenvalue weighted by atomic mass is 9.97. The van der Waals surface area contributed by atoms with Gasteiger partial charge in [-0.1, -0.05) is 0 Å². The van der Waals surface area contributed by atoms with E-state index in [9.17, 15) is 14.4 Å². The van der Waals surface area contributed by atoms with Gasteiger partial charge in [0.15, 0.2) is 5.69 Å². The molecule has 0 radical (unpaired) electrons. The van der Waals surface area contributed by atoms with Crippen molar-refractivity contribution >= 4 is 17.8 Å². The molecule has 1 saturated heterocycles. The fourth-order valence-electron chi connectivity index (χ4n) is 3.01. The first-order valence-electron chi connectivity index (χ1n) is 6.66. The molecule has 2 bridgehead atoms. The molecule has 2 unspecified atom stereocenters. The summed E-state index contributed by atoms with van der Waals surface area (Å²) >= 11 is 0. The number of hydrogen-bond acceptors (Lipinski definition) is 4. The number of amides is 2. The maximum Gasteiger partial charge on any atom is 0.356 e. The lowest BCUT2D eigenvalue weighted by molar-refractivity contribution is -0.152. The Morgan fingerprint density at radius 3 is 2.45 bits per heavy atom. The van der Waals surface area contributed by atoms with Crippen molar-refractivity contribution in [1.29, 1.82) is 0 Å². The van der Waals surface area contributed by atoms with Crippen molar-refractivity contribution in [3.8, 4) is 0 Å². The Morgan fingerprint density at radius 2 is 1.90 bits per heavy atom. The number of imide groups is 1. The summed E-state index contributed by atoms with van der Waals surface area (Å²) in [5.41, 5.74) is -0.0404. The van der Waals surface area contributed by atoms with E-state index >= 15 is 0 Å². The van der Waals surface area contributed by atoms with Gasteiger partial charge in [-0.05, 0) is 19.3 Å². The van der Waals surface area contributed by atoms with E-state index in [1.165, 1.54) is 17.4 Å². The van der Waals surface area contributed by atoms with Crippen LogP contribution in [0.25, 0.3) is 0 Å². The fraction of sp³-hybridized carbons (Fsp3) is 0.538. The van der Waals surface area contributed by atoms with Gasteiger partial charge in [0.2, 0.25) is 11.8 Å². The Bertz CT molecular complexity index is 558. The summed E-state index contributed by atoms with van der Waals surface area (Å²) in [4.78, 5) is 40.0. The second-order valence-electron chi connectivity index (χ2n) is 5.34. The summed E-state index contributed by atoms with van der Waals surface area (Å²) in [5, 5.41) is 8.78. The first-order chi connectivity index (χ1) is 9.56. The normalized spacial score (nSPS) is 25.3.